The summed E-state index contributed by atoms with van der Waals surface area (Å²) < 4.78 is 5.60. The summed E-state index contributed by atoms with van der Waals surface area (Å²) in [7, 11) is 0. The molecule has 4 heteroatoms. The van der Waals surface area contributed by atoms with Gasteiger partial charge in [-0.1, -0.05) is 0 Å². The minimum atomic E-state index is 0.186. The van der Waals surface area contributed by atoms with E-state index in [4.69, 9.17) is 4.74 Å². The lowest BCUT2D eigenvalue weighted by atomic mass is 10.1. The molecule has 2 aliphatic heterocycles. The molecule has 108 valence electrons. The van der Waals surface area contributed by atoms with Crippen LogP contribution in [0.15, 0.2) is 0 Å². The second-order valence-electron chi connectivity index (χ2n) is 6.37. The van der Waals surface area contributed by atoms with Gasteiger partial charge < -0.3 is 15.0 Å². The van der Waals surface area contributed by atoms with Crippen LogP contribution in [-0.4, -0.2) is 49.2 Å². The molecule has 3 fully saturated rings. The van der Waals surface area contributed by atoms with E-state index in [-0.39, 0.29) is 6.10 Å². The average molecular weight is 266 g/mol. The van der Waals surface area contributed by atoms with Crippen molar-refractivity contribution in [2.24, 2.45) is 5.92 Å². The highest BCUT2D eigenvalue weighted by Gasteiger charge is 2.30. The summed E-state index contributed by atoms with van der Waals surface area (Å²) in [6, 6.07) is 0.521. The number of ether oxygens (including phenoxy) is 1. The third-order valence-electron chi connectivity index (χ3n) is 4.56. The Morgan fingerprint density at radius 1 is 1.16 bits per heavy atom. The van der Waals surface area contributed by atoms with Gasteiger partial charge in [-0.2, -0.15) is 0 Å². The fraction of sp³-hybridized carbons (Fsp3) is 0.933. The van der Waals surface area contributed by atoms with Gasteiger partial charge in [0.1, 0.15) is 0 Å². The number of hydrogen-bond donors (Lipinski definition) is 1. The van der Waals surface area contributed by atoms with Crippen LogP contribution in [-0.2, 0) is 9.53 Å². The third-order valence-corrected chi connectivity index (χ3v) is 4.56. The van der Waals surface area contributed by atoms with Gasteiger partial charge in [0.2, 0.25) is 5.91 Å². The first-order chi connectivity index (χ1) is 9.31. The lowest BCUT2D eigenvalue weighted by molar-refractivity contribution is -0.134. The highest BCUT2D eigenvalue weighted by molar-refractivity contribution is 5.76. The molecular formula is C15H26N2O2. The van der Waals surface area contributed by atoms with Gasteiger partial charge in [0.05, 0.1) is 12.5 Å². The minimum absolute atomic E-state index is 0.186. The van der Waals surface area contributed by atoms with Crippen molar-refractivity contribution in [3.8, 4) is 0 Å². The van der Waals surface area contributed by atoms with Crippen molar-refractivity contribution in [2.45, 2.75) is 57.1 Å². The van der Waals surface area contributed by atoms with Crippen molar-refractivity contribution in [1.29, 1.82) is 0 Å². The monoisotopic (exact) mass is 266 g/mol. The normalized spacial score (nSPS) is 30.7. The van der Waals surface area contributed by atoms with Crippen LogP contribution in [0.1, 0.15) is 44.9 Å². The number of amides is 1. The van der Waals surface area contributed by atoms with Crippen LogP contribution < -0.4 is 5.32 Å². The van der Waals surface area contributed by atoms with E-state index in [1.807, 2.05) is 0 Å². The molecule has 1 aliphatic carbocycles. The summed E-state index contributed by atoms with van der Waals surface area (Å²) in [5.74, 6) is 1.09. The number of carbonyl (C=O) groups is 1. The Hall–Kier alpha value is -0.610. The summed E-state index contributed by atoms with van der Waals surface area (Å²) in [6.45, 7) is 3.83. The molecule has 0 aromatic rings. The van der Waals surface area contributed by atoms with Gasteiger partial charge in [-0.3, -0.25) is 4.79 Å². The van der Waals surface area contributed by atoms with E-state index in [2.05, 4.69) is 10.2 Å². The molecule has 0 aromatic carbocycles. The van der Waals surface area contributed by atoms with Crippen molar-refractivity contribution >= 4 is 5.91 Å². The first kappa shape index (κ1) is 13.4. The Morgan fingerprint density at radius 2 is 2.05 bits per heavy atom. The van der Waals surface area contributed by atoms with Crippen LogP contribution in [0, 0.1) is 5.92 Å². The minimum Gasteiger partial charge on any atom is -0.378 e. The summed E-state index contributed by atoms with van der Waals surface area (Å²) >= 11 is 0. The Kier molecular flexibility index (Phi) is 4.38. The van der Waals surface area contributed by atoms with Crippen LogP contribution in [0.2, 0.25) is 0 Å². The number of nitrogens with zero attached hydrogens (tertiary/aromatic N) is 1. The van der Waals surface area contributed by atoms with Crippen molar-refractivity contribution in [2.75, 3.05) is 26.2 Å². The van der Waals surface area contributed by atoms with Gasteiger partial charge in [0.25, 0.3) is 0 Å². The summed E-state index contributed by atoms with van der Waals surface area (Å²) in [4.78, 5) is 14.6. The zero-order valence-corrected chi connectivity index (χ0v) is 11.8. The van der Waals surface area contributed by atoms with Gasteiger partial charge in [-0.15, -0.1) is 0 Å². The van der Waals surface area contributed by atoms with Crippen LogP contribution >= 0.6 is 0 Å². The molecule has 1 saturated carbocycles. The van der Waals surface area contributed by atoms with Crippen molar-refractivity contribution in [3.63, 3.8) is 0 Å². The highest BCUT2D eigenvalue weighted by atomic mass is 16.5. The molecule has 4 nitrogen and oxygen atoms in total. The molecule has 3 aliphatic rings. The molecule has 0 bridgehead atoms. The zero-order valence-electron chi connectivity index (χ0n) is 11.8. The van der Waals surface area contributed by atoms with Crippen LogP contribution in [0.5, 0.6) is 0 Å². The van der Waals surface area contributed by atoms with Gasteiger partial charge in [0.15, 0.2) is 0 Å². The lowest BCUT2D eigenvalue weighted by Crippen LogP contribution is -2.43. The molecule has 1 N–H and O–H groups in total. The van der Waals surface area contributed by atoms with Crippen LogP contribution in [0.25, 0.3) is 0 Å². The molecule has 2 atom stereocenters. The largest absolute Gasteiger partial charge is 0.378 e. The highest BCUT2D eigenvalue weighted by Crippen LogP contribution is 2.30. The number of nitrogens with one attached hydrogen (secondary N) is 1. The first-order valence-electron chi connectivity index (χ1n) is 7.94. The lowest BCUT2D eigenvalue weighted by Gasteiger charge is -2.27. The number of rotatable bonds is 6. The number of hydrogen-bond acceptors (Lipinski definition) is 3. The van der Waals surface area contributed by atoms with Gasteiger partial charge in [-0.25, -0.2) is 0 Å². The molecule has 0 radical (unpaired) electrons. The van der Waals surface area contributed by atoms with E-state index in [9.17, 15) is 4.79 Å². The Balaban J connectivity index is 1.51. The predicted molar refractivity (Wildman–Crippen MR) is 73.9 cm³/mol. The van der Waals surface area contributed by atoms with Gasteiger partial charge in [0, 0.05) is 25.7 Å². The summed E-state index contributed by atoms with van der Waals surface area (Å²) in [6.07, 6.45) is 8.04. The fourth-order valence-electron chi connectivity index (χ4n) is 3.20. The van der Waals surface area contributed by atoms with E-state index in [1.165, 1.54) is 25.7 Å². The SMILES string of the molecule is O=C(CC1CCCO1)N(CC1CC1)CC1CCCN1. The fourth-order valence-corrected chi connectivity index (χ4v) is 3.20. The third kappa shape index (κ3) is 3.93. The van der Waals surface area contributed by atoms with Crippen molar-refractivity contribution in [1.82, 2.24) is 10.2 Å². The van der Waals surface area contributed by atoms with Crippen LogP contribution in [0.4, 0.5) is 0 Å². The van der Waals surface area contributed by atoms with Crippen molar-refractivity contribution < 1.29 is 9.53 Å². The van der Waals surface area contributed by atoms with E-state index < -0.39 is 0 Å². The molecule has 2 saturated heterocycles. The molecule has 1 amide bonds. The standard InChI is InChI=1S/C15H26N2O2/c18-15(9-14-4-2-8-19-14)17(10-12-5-6-12)11-13-3-1-7-16-13/h12-14,16H,1-11H2. The first-order valence-corrected chi connectivity index (χ1v) is 7.94. The number of carbonyl (C=O) groups excluding carboxylic acids is 1. The van der Waals surface area contributed by atoms with E-state index >= 15 is 0 Å². The maximum atomic E-state index is 12.5. The Morgan fingerprint density at radius 3 is 2.68 bits per heavy atom. The topological polar surface area (TPSA) is 41.6 Å². The molecule has 2 heterocycles. The van der Waals surface area contributed by atoms with Crippen molar-refractivity contribution in [3.05, 3.63) is 0 Å². The maximum Gasteiger partial charge on any atom is 0.225 e. The summed E-state index contributed by atoms with van der Waals surface area (Å²) in [5.41, 5.74) is 0. The molecule has 0 aromatic heterocycles. The molecule has 2 unspecified atom stereocenters. The van der Waals surface area contributed by atoms with E-state index in [0.29, 0.717) is 18.4 Å². The van der Waals surface area contributed by atoms with Gasteiger partial charge >= 0.3 is 0 Å². The van der Waals surface area contributed by atoms with Crippen LogP contribution in [0.3, 0.4) is 0 Å². The smallest absolute Gasteiger partial charge is 0.225 e. The maximum absolute atomic E-state index is 12.5. The predicted octanol–water partition coefficient (Wildman–Crippen LogP) is 1.55. The molecular weight excluding hydrogens is 240 g/mol. The van der Waals surface area contributed by atoms with Gasteiger partial charge in [-0.05, 0) is 51.0 Å². The van der Waals surface area contributed by atoms with E-state index in [0.717, 1.165) is 45.0 Å². The van der Waals surface area contributed by atoms with E-state index in [1.54, 1.807) is 0 Å². The molecule has 19 heavy (non-hydrogen) atoms. The molecule has 3 rings (SSSR count). The second kappa shape index (κ2) is 6.23. The average Bonchev–Trinajstić information content (AvgIpc) is 2.88. The molecule has 0 spiro atoms. The summed E-state index contributed by atoms with van der Waals surface area (Å²) in [5, 5.41) is 3.50. The Bertz CT molecular complexity index is 305. The second-order valence-corrected chi connectivity index (χ2v) is 6.37. The quantitative estimate of drug-likeness (QED) is 0.793. The zero-order chi connectivity index (χ0) is 13.1. The Labute approximate surface area is 115 Å².